The molecule has 2 N–H and O–H groups in total. The number of aliphatic hydroxyl groups excluding tert-OH is 1. The van der Waals surface area contributed by atoms with Gasteiger partial charge in [-0.2, -0.15) is 0 Å². The maximum Gasteiger partial charge on any atom is 0.142 e. The molecule has 0 aliphatic rings. The highest BCUT2D eigenvalue weighted by Crippen LogP contribution is 2.15. The molecule has 0 aliphatic carbocycles. The number of hydrogen-bond donors (Lipinski definition) is 2. The lowest BCUT2D eigenvalue weighted by atomic mass is 10.0. The number of nitrogens with one attached hydrogen (secondary N) is 1. The summed E-state index contributed by atoms with van der Waals surface area (Å²) in [5.74, 6) is 0.108. The summed E-state index contributed by atoms with van der Waals surface area (Å²) in [5.41, 5.74) is 0.828. The first-order valence-electron chi connectivity index (χ1n) is 5.81. The van der Waals surface area contributed by atoms with Gasteiger partial charge in [0.1, 0.15) is 5.82 Å². The van der Waals surface area contributed by atoms with Gasteiger partial charge >= 0.3 is 0 Å². The molecule has 0 amide bonds. The highest BCUT2D eigenvalue weighted by atomic mass is 35.5. The Kier molecular flexibility index (Phi) is 5.89. The summed E-state index contributed by atoms with van der Waals surface area (Å²) >= 11 is 5.60. The van der Waals surface area contributed by atoms with Crippen molar-refractivity contribution in [1.29, 1.82) is 0 Å². The molecule has 0 aromatic heterocycles. The minimum absolute atomic E-state index is 0.0498. The monoisotopic (exact) mass is 259 g/mol. The van der Waals surface area contributed by atoms with Crippen LogP contribution in [-0.4, -0.2) is 17.8 Å². The molecule has 1 rings (SSSR count). The molecule has 1 aromatic rings. The minimum Gasteiger partial charge on any atom is -0.395 e. The van der Waals surface area contributed by atoms with Crippen molar-refractivity contribution in [2.24, 2.45) is 5.92 Å². The van der Waals surface area contributed by atoms with Gasteiger partial charge in [-0.25, -0.2) is 4.39 Å². The summed E-state index contributed by atoms with van der Waals surface area (Å²) in [6.07, 6.45) is 0.895. The van der Waals surface area contributed by atoms with E-state index in [2.05, 4.69) is 19.2 Å². The van der Waals surface area contributed by atoms with Gasteiger partial charge in [0.15, 0.2) is 0 Å². The van der Waals surface area contributed by atoms with Crippen LogP contribution in [0.5, 0.6) is 0 Å². The van der Waals surface area contributed by atoms with Crippen molar-refractivity contribution in [3.05, 3.63) is 34.6 Å². The highest BCUT2D eigenvalue weighted by molar-refractivity contribution is 6.30. The van der Waals surface area contributed by atoms with Gasteiger partial charge in [0.05, 0.1) is 11.6 Å². The van der Waals surface area contributed by atoms with E-state index in [4.69, 9.17) is 11.6 Å². The van der Waals surface area contributed by atoms with Crippen molar-refractivity contribution in [3.63, 3.8) is 0 Å². The van der Waals surface area contributed by atoms with Crippen LogP contribution >= 0.6 is 11.6 Å². The largest absolute Gasteiger partial charge is 0.395 e. The van der Waals surface area contributed by atoms with E-state index in [1.54, 1.807) is 12.1 Å². The summed E-state index contributed by atoms with van der Waals surface area (Å²) in [6.45, 7) is 4.83. The van der Waals surface area contributed by atoms with E-state index in [1.165, 1.54) is 6.07 Å². The number of halogens is 2. The number of rotatable bonds is 6. The average molecular weight is 260 g/mol. The maximum absolute atomic E-state index is 13.2. The molecule has 1 unspecified atom stereocenters. The first kappa shape index (κ1) is 14.4. The van der Waals surface area contributed by atoms with E-state index in [1.807, 2.05) is 0 Å². The quantitative estimate of drug-likeness (QED) is 0.823. The lowest BCUT2D eigenvalue weighted by Crippen LogP contribution is -2.33. The lowest BCUT2D eigenvalue weighted by Gasteiger charge is -2.18. The molecule has 1 atom stereocenters. The normalized spacial score (nSPS) is 13.1. The van der Waals surface area contributed by atoms with Crippen molar-refractivity contribution in [2.75, 3.05) is 6.61 Å². The zero-order valence-electron chi connectivity index (χ0n) is 10.2. The fourth-order valence-electron chi connectivity index (χ4n) is 1.70. The van der Waals surface area contributed by atoms with Crippen molar-refractivity contribution >= 4 is 11.6 Å². The van der Waals surface area contributed by atoms with Crippen LogP contribution in [0.4, 0.5) is 4.39 Å². The number of aliphatic hydroxyl groups is 1. The van der Waals surface area contributed by atoms with E-state index in [9.17, 15) is 9.50 Å². The average Bonchev–Trinajstić information content (AvgIpc) is 2.28. The SMILES string of the molecule is CC(C)CC(CO)NCc1ccc(Cl)c(F)c1. The molecule has 17 heavy (non-hydrogen) atoms. The Morgan fingerprint density at radius 3 is 2.65 bits per heavy atom. The zero-order chi connectivity index (χ0) is 12.8. The third-order valence-electron chi connectivity index (χ3n) is 2.56. The number of hydrogen-bond acceptors (Lipinski definition) is 2. The Labute approximate surface area is 107 Å². The molecule has 96 valence electrons. The summed E-state index contributed by atoms with van der Waals surface area (Å²) in [6, 6.07) is 4.79. The Hall–Kier alpha value is -0.640. The third kappa shape index (κ3) is 5.02. The smallest absolute Gasteiger partial charge is 0.142 e. The Morgan fingerprint density at radius 2 is 2.12 bits per heavy atom. The van der Waals surface area contributed by atoms with Crippen molar-refractivity contribution in [3.8, 4) is 0 Å². The first-order chi connectivity index (χ1) is 8.02. The molecule has 0 radical (unpaired) electrons. The van der Waals surface area contributed by atoms with Gasteiger partial charge in [0.2, 0.25) is 0 Å². The predicted molar refractivity (Wildman–Crippen MR) is 68.6 cm³/mol. The molecule has 0 aliphatic heterocycles. The van der Waals surface area contributed by atoms with Crippen LogP contribution in [0.25, 0.3) is 0 Å². The fraction of sp³-hybridized carbons (Fsp3) is 0.538. The predicted octanol–water partition coefficient (Wildman–Crippen LogP) is 2.98. The van der Waals surface area contributed by atoms with E-state index in [-0.39, 0.29) is 17.7 Å². The molecular weight excluding hydrogens is 241 g/mol. The second-order valence-corrected chi connectivity index (χ2v) is 5.05. The first-order valence-corrected chi connectivity index (χ1v) is 6.19. The minimum atomic E-state index is -0.407. The van der Waals surface area contributed by atoms with Crippen molar-refractivity contribution in [1.82, 2.24) is 5.32 Å². The molecule has 0 fully saturated rings. The molecule has 1 aromatic carbocycles. The van der Waals surface area contributed by atoms with E-state index < -0.39 is 5.82 Å². The van der Waals surface area contributed by atoms with Crippen LogP contribution in [0.15, 0.2) is 18.2 Å². The summed E-state index contributed by atoms with van der Waals surface area (Å²) < 4.78 is 13.2. The molecule has 0 heterocycles. The highest BCUT2D eigenvalue weighted by Gasteiger charge is 2.09. The third-order valence-corrected chi connectivity index (χ3v) is 2.86. The molecule has 4 heteroatoms. The summed E-state index contributed by atoms with van der Waals surface area (Å²) in [4.78, 5) is 0. The Balaban J connectivity index is 2.50. The van der Waals surface area contributed by atoms with E-state index in [0.29, 0.717) is 12.5 Å². The van der Waals surface area contributed by atoms with Crippen LogP contribution in [-0.2, 0) is 6.54 Å². The van der Waals surface area contributed by atoms with Gasteiger partial charge in [0.25, 0.3) is 0 Å². The van der Waals surface area contributed by atoms with Gasteiger partial charge in [-0.3, -0.25) is 0 Å². The lowest BCUT2D eigenvalue weighted by molar-refractivity contribution is 0.223. The van der Waals surface area contributed by atoms with Crippen LogP contribution < -0.4 is 5.32 Å². The Morgan fingerprint density at radius 1 is 1.41 bits per heavy atom. The molecule has 0 spiro atoms. The van der Waals surface area contributed by atoms with Crippen LogP contribution in [0, 0.1) is 11.7 Å². The molecular formula is C13H19ClFNO. The molecule has 2 nitrogen and oxygen atoms in total. The summed E-state index contributed by atoms with van der Waals surface area (Å²) in [5, 5.41) is 12.5. The van der Waals surface area contributed by atoms with Gasteiger partial charge in [-0.1, -0.05) is 31.5 Å². The van der Waals surface area contributed by atoms with Crippen molar-refractivity contribution < 1.29 is 9.50 Å². The van der Waals surface area contributed by atoms with Crippen molar-refractivity contribution in [2.45, 2.75) is 32.9 Å². The molecule has 0 saturated heterocycles. The van der Waals surface area contributed by atoms with Crippen LogP contribution in [0.2, 0.25) is 5.02 Å². The molecule has 0 saturated carbocycles. The van der Waals surface area contributed by atoms with Gasteiger partial charge in [0, 0.05) is 12.6 Å². The topological polar surface area (TPSA) is 32.3 Å². The molecule has 0 bridgehead atoms. The second kappa shape index (κ2) is 6.94. The zero-order valence-corrected chi connectivity index (χ0v) is 11.0. The second-order valence-electron chi connectivity index (χ2n) is 4.64. The van der Waals surface area contributed by atoms with Gasteiger partial charge in [-0.05, 0) is 30.0 Å². The van der Waals surface area contributed by atoms with E-state index in [0.717, 1.165) is 12.0 Å². The Bertz CT molecular complexity index is 357. The number of benzene rings is 1. The standard InChI is InChI=1S/C13H19ClFNO/c1-9(2)5-11(8-17)16-7-10-3-4-12(14)13(15)6-10/h3-4,6,9,11,16-17H,5,7-8H2,1-2H3. The van der Waals surface area contributed by atoms with Gasteiger partial charge in [-0.15, -0.1) is 0 Å². The van der Waals surface area contributed by atoms with Gasteiger partial charge < -0.3 is 10.4 Å². The van der Waals surface area contributed by atoms with E-state index >= 15 is 0 Å². The fourth-order valence-corrected chi connectivity index (χ4v) is 1.82. The van der Waals surface area contributed by atoms with Crippen LogP contribution in [0.1, 0.15) is 25.8 Å². The van der Waals surface area contributed by atoms with Crippen LogP contribution in [0.3, 0.4) is 0 Å². The maximum atomic E-state index is 13.2. The summed E-state index contributed by atoms with van der Waals surface area (Å²) in [7, 11) is 0.